The average Bonchev–Trinajstić information content (AvgIpc) is 2.87. The Hall–Kier alpha value is -2.02. The van der Waals surface area contributed by atoms with E-state index in [1.165, 1.54) is 23.8 Å². The summed E-state index contributed by atoms with van der Waals surface area (Å²) in [5.74, 6) is -0.139. The van der Waals surface area contributed by atoms with Crippen molar-refractivity contribution in [1.29, 1.82) is 0 Å². The topological polar surface area (TPSA) is 24.9 Å². The maximum Gasteiger partial charge on any atom is 0.130 e. The van der Waals surface area contributed by atoms with Crippen LogP contribution in [0.2, 0.25) is 0 Å². The summed E-state index contributed by atoms with van der Waals surface area (Å²) >= 11 is 0. The minimum atomic E-state index is -0.499. The van der Waals surface area contributed by atoms with E-state index in [0.29, 0.717) is 19.7 Å². The Morgan fingerprint density at radius 1 is 0.852 bits per heavy atom. The third kappa shape index (κ3) is 4.46. The second-order valence-corrected chi connectivity index (χ2v) is 7.09. The molecule has 144 valence electrons. The second-order valence-electron chi connectivity index (χ2n) is 7.09. The number of fused-ring (bicyclic) bond motifs is 1. The molecule has 4 nitrogen and oxygen atoms in total. The van der Waals surface area contributed by atoms with Crippen LogP contribution in [0.25, 0.3) is 0 Å². The van der Waals surface area contributed by atoms with E-state index < -0.39 is 11.6 Å². The van der Waals surface area contributed by atoms with E-state index in [-0.39, 0.29) is 12.1 Å². The van der Waals surface area contributed by atoms with Gasteiger partial charge < -0.3 is 9.47 Å². The quantitative estimate of drug-likeness (QED) is 0.821. The SMILES string of the molecule is Fc1cccc(F)c1CN1CCOc2ccc(CN3CCOCC3)cc2C1. The van der Waals surface area contributed by atoms with Gasteiger partial charge in [-0.2, -0.15) is 0 Å². The predicted molar refractivity (Wildman–Crippen MR) is 98.5 cm³/mol. The van der Waals surface area contributed by atoms with E-state index in [1.807, 2.05) is 11.0 Å². The molecule has 0 amide bonds. The Balaban J connectivity index is 1.49. The van der Waals surface area contributed by atoms with Gasteiger partial charge in [-0.3, -0.25) is 9.80 Å². The van der Waals surface area contributed by atoms with Crippen molar-refractivity contribution in [2.45, 2.75) is 19.6 Å². The third-order valence-electron chi connectivity index (χ3n) is 5.14. The fourth-order valence-electron chi connectivity index (χ4n) is 3.66. The molecule has 0 N–H and O–H groups in total. The Bertz CT molecular complexity index is 773. The molecule has 2 aliphatic rings. The first-order valence-corrected chi connectivity index (χ1v) is 9.39. The largest absolute Gasteiger partial charge is 0.492 e. The number of hydrogen-bond donors (Lipinski definition) is 0. The number of hydrogen-bond acceptors (Lipinski definition) is 4. The lowest BCUT2D eigenvalue weighted by Crippen LogP contribution is -2.35. The first-order valence-electron chi connectivity index (χ1n) is 9.39. The molecule has 0 radical (unpaired) electrons. The molecule has 2 aromatic rings. The lowest BCUT2D eigenvalue weighted by Gasteiger charge is -2.27. The Labute approximate surface area is 158 Å². The lowest BCUT2D eigenvalue weighted by molar-refractivity contribution is 0.0342. The molecule has 6 heteroatoms. The van der Waals surface area contributed by atoms with Crippen molar-refractivity contribution in [1.82, 2.24) is 9.80 Å². The zero-order valence-electron chi connectivity index (χ0n) is 15.3. The summed E-state index contributed by atoms with van der Waals surface area (Å²) in [6.45, 7) is 6.27. The van der Waals surface area contributed by atoms with Gasteiger partial charge in [0.15, 0.2) is 0 Å². The number of morpholine rings is 1. The van der Waals surface area contributed by atoms with E-state index in [1.54, 1.807) is 0 Å². The van der Waals surface area contributed by atoms with Gasteiger partial charge in [-0.25, -0.2) is 8.78 Å². The van der Waals surface area contributed by atoms with E-state index in [0.717, 1.165) is 44.2 Å². The average molecular weight is 374 g/mol. The molecule has 1 saturated heterocycles. The molecular weight excluding hydrogens is 350 g/mol. The zero-order chi connectivity index (χ0) is 18.6. The van der Waals surface area contributed by atoms with Crippen molar-refractivity contribution in [2.24, 2.45) is 0 Å². The molecular formula is C21H24F2N2O2. The normalized spacial score (nSPS) is 18.6. The summed E-state index contributed by atoms with van der Waals surface area (Å²) in [6, 6.07) is 10.3. The molecule has 0 atom stereocenters. The summed E-state index contributed by atoms with van der Waals surface area (Å²) < 4.78 is 39.3. The minimum absolute atomic E-state index is 0.116. The van der Waals surface area contributed by atoms with Gasteiger partial charge in [0.05, 0.1) is 13.2 Å². The van der Waals surface area contributed by atoms with Gasteiger partial charge in [0.2, 0.25) is 0 Å². The van der Waals surface area contributed by atoms with Crippen molar-refractivity contribution in [3.05, 3.63) is 64.7 Å². The van der Waals surface area contributed by atoms with Crippen LogP contribution in [0.1, 0.15) is 16.7 Å². The molecule has 0 bridgehead atoms. The smallest absolute Gasteiger partial charge is 0.130 e. The Morgan fingerprint density at radius 3 is 2.37 bits per heavy atom. The molecule has 0 aromatic heterocycles. The van der Waals surface area contributed by atoms with Crippen LogP contribution in [-0.2, 0) is 24.4 Å². The van der Waals surface area contributed by atoms with Gasteiger partial charge >= 0.3 is 0 Å². The van der Waals surface area contributed by atoms with Gasteiger partial charge in [0, 0.05) is 50.4 Å². The fourth-order valence-corrected chi connectivity index (χ4v) is 3.66. The summed E-state index contributed by atoms with van der Waals surface area (Å²) in [6.07, 6.45) is 0. The van der Waals surface area contributed by atoms with E-state index >= 15 is 0 Å². The highest BCUT2D eigenvalue weighted by Gasteiger charge is 2.20. The van der Waals surface area contributed by atoms with Crippen molar-refractivity contribution in [3.8, 4) is 5.75 Å². The molecule has 27 heavy (non-hydrogen) atoms. The number of benzene rings is 2. The zero-order valence-corrected chi connectivity index (χ0v) is 15.3. The number of rotatable bonds is 4. The molecule has 2 aliphatic heterocycles. The van der Waals surface area contributed by atoms with Gasteiger partial charge in [-0.15, -0.1) is 0 Å². The summed E-state index contributed by atoms with van der Waals surface area (Å²) in [4.78, 5) is 4.40. The van der Waals surface area contributed by atoms with Gasteiger partial charge in [0.1, 0.15) is 24.0 Å². The summed E-state index contributed by atoms with van der Waals surface area (Å²) in [5.41, 5.74) is 2.40. The van der Waals surface area contributed by atoms with Crippen molar-refractivity contribution in [3.63, 3.8) is 0 Å². The third-order valence-corrected chi connectivity index (χ3v) is 5.14. The first kappa shape index (κ1) is 18.3. The first-order chi connectivity index (χ1) is 13.2. The van der Waals surface area contributed by atoms with Crippen LogP contribution in [0.15, 0.2) is 36.4 Å². The van der Waals surface area contributed by atoms with E-state index in [9.17, 15) is 8.78 Å². The van der Waals surface area contributed by atoms with Gasteiger partial charge in [0.25, 0.3) is 0 Å². The number of ether oxygens (including phenoxy) is 2. The van der Waals surface area contributed by atoms with Crippen LogP contribution in [-0.4, -0.2) is 49.3 Å². The lowest BCUT2D eigenvalue weighted by atomic mass is 10.1. The molecule has 0 aliphatic carbocycles. The van der Waals surface area contributed by atoms with Crippen molar-refractivity contribution < 1.29 is 18.3 Å². The number of halogens is 2. The fraction of sp³-hybridized carbons (Fsp3) is 0.429. The predicted octanol–water partition coefficient (Wildman–Crippen LogP) is 3.19. The van der Waals surface area contributed by atoms with Crippen LogP contribution in [0.5, 0.6) is 5.75 Å². The Morgan fingerprint density at radius 2 is 1.59 bits per heavy atom. The highest BCUT2D eigenvalue weighted by Crippen LogP contribution is 2.26. The maximum atomic E-state index is 14.0. The van der Waals surface area contributed by atoms with Crippen LogP contribution >= 0.6 is 0 Å². The van der Waals surface area contributed by atoms with Gasteiger partial charge in [-0.05, 0) is 29.8 Å². The standard InChI is InChI=1S/C21H24F2N2O2/c22-19-2-1-3-20(23)18(19)15-25-8-11-27-21-5-4-16(12-17(21)14-25)13-24-6-9-26-10-7-24/h1-5,12H,6-11,13-15H2. The van der Waals surface area contributed by atoms with Crippen LogP contribution < -0.4 is 4.74 Å². The minimum Gasteiger partial charge on any atom is -0.492 e. The molecule has 2 heterocycles. The van der Waals surface area contributed by atoms with Gasteiger partial charge in [-0.1, -0.05) is 12.1 Å². The second kappa shape index (κ2) is 8.33. The van der Waals surface area contributed by atoms with E-state index in [4.69, 9.17) is 9.47 Å². The van der Waals surface area contributed by atoms with Crippen molar-refractivity contribution in [2.75, 3.05) is 39.5 Å². The molecule has 2 aromatic carbocycles. The summed E-state index contributed by atoms with van der Waals surface area (Å²) in [5, 5.41) is 0. The van der Waals surface area contributed by atoms with Crippen molar-refractivity contribution >= 4 is 0 Å². The number of nitrogens with zero attached hydrogens (tertiary/aromatic N) is 2. The molecule has 1 fully saturated rings. The molecule has 0 spiro atoms. The van der Waals surface area contributed by atoms with Crippen LogP contribution in [0.3, 0.4) is 0 Å². The monoisotopic (exact) mass is 374 g/mol. The molecule has 4 rings (SSSR count). The maximum absolute atomic E-state index is 14.0. The summed E-state index contributed by atoms with van der Waals surface area (Å²) in [7, 11) is 0. The Kier molecular flexibility index (Phi) is 5.66. The molecule has 0 unspecified atom stereocenters. The molecule has 0 saturated carbocycles. The highest BCUT2D eigenvalue weighted by molar-refractivity contribution is 5.38. The van der Waals surface area contributed by atoms with E-state index in [2.05, 4.69) is 17.0 Å². The van der Waals surface area contributed by atoms with Crippen LogP contribution in [0.4, 0.5) is 8.78 Å². The van der Waals surface area contributed by atoms with Crippen LogP contribution in [0, 0.1) is 11.6 Å². The highest BCUT2D eigenvalue weighted by atomic mass is 19.1.